The summed E-state index contributed by atoms with van der Waals surface area (Å²) in [6.45, 7) is 4.41. The fourth-order valence-corrected chi connectivity index (χ4v) is 2.62. The number of carbonyl (C=O) groups excluding carboxylic acids is 1. The van der Waals surface area contributed by atoms with Crippen molar-refractivity contribution in [3.63, 3.8) is 0 Å². The van der Waals surface area contributed by atoms with Crippen LogP contribution in [0.2, 0.25) is 10.0 Å². The standard InChI is InChI=1S/C18H17Cl2FO3/c1-3-23-18(24-4-2)15-9-11(19)5-7-13(15)17(22)14-8-6-12(20)10-16(14)21/h5-10,18H,3-4H2,1-2H3. The summed E-state index contributed by atoms with van der Waals surface area (Å²) in [5.74, 6) is -1.17. The Balaban J connectivity index is 2.50. The van der Waals surface area contributed by atoms with Gasteiger partial charge in [0.05, 0.1) is 5.56 Å². The number of hydrogen-bond donors (Lipinski definition) is 0. The largest absolute Gasteiger partial charge is 0.349 e. The predicted octanol–water partition coefficient (Wildman–Crippen LogP) is 5.44. The zero-order chi connectivity index (χ0) is 17.7. The summed E-state index contributed by atoms with van der Waals surface area (Å²) in [6, 6.07) is 8.64. The van der Waals surface area contributed by atoms with Gasteiger partial charge in [0.25, 0.3) is 0 Å². The first-order valence-corrected chi connectivity index (χ1v) is 8.25. The number of carbonyl (C=O) groups is 1. The van der Waals surface area contributed by atoms with Crippen LogP contribution in [0.5, 0.6) is 0 Å². The maximum absolute atomic E-state index is 14.1. The Morgan fingerprint density at radius 2 is 1.54 bits per heavy atom. The highest BCUT2D eigenvalue weighted by molar-refractivity contribution is 6.31. The molecule has 2 aromatic rings. The Kier molecular flexibility index (Phi) is 6.75. The molecule has 6 heteroatoms. The molecule has 0 fully saturated rings. The third-order valence-corrected chi connectivity index (χ3v) is 3.79. The van der Waals surface area contributed by atoms with Gasteiger partial charge in [0.15, 0.2) is 12.1 Å². The Bertz CT molecular complexity index is 728. The lowest BCUT2D eigenvalue weighted by atomic mass is 9.97. The third kappa shape index (κ3) is 4.33. The summed E-state index contributed by atoms with van der Waals surface area (Å²) < 4.78 is 25.2. The smallest absolute Gasteiger partial charge is 0.196 e. The van der Waals surface area contributed by atoms with Gasteiger partial charge in [0.1, 0.15) is 5.82 Å². The van der Waals surface area contributed by atoms with Gasteiger partial charge >= 0.3 is 0 Å². The molecule has 0 aromatic heterocycles. The van der Waals surface area contributed by atoms with Crippen molar-refractivity contribution in [3.8, 4) is 0 Å². The molecule has 0 N–H and O–H groups in total. The van der Waals surface area contributed by atoms with Gasteiger partial charge < -0.3 is 9.47 Å². The molecular formula is C18H17Cl2FO3. The Hall–Kier alpha value is -1.46. The predicted molar refractivity (Wildman–Crippen MR) is 92.3 cm³/mol. The first kappa shape index (κ1) is 18.9. The molecule has 0 saturated heterocycles. The molecule has 2 aromatic carbocycles. The van der Waals surface area contributed by atoms with Crippen LogP contribution in [0.25, 0.3) is 0 Å². The van der Waals surface area contributed by atoms with Crippen LogP contribution in [-0.2, 0) is 9.47 Å². The van der Waals surface area contributed by atoms with Crippen molar-refractivity contribution in [2.24, 2.45) is 0 Å². The second-order valence-corrected chi connectivity index (χ2v) is 5.80. The van der Waals surface area contributed by atoms with E-state index in [1.807, 2.05) is 13.8 Å². The summed E-state index contributed by atoms with van der Waals surface area (Å²) in [4.78, 5) is 12.8. The van der Waals surface area contributed by atoms with Crippen LogP contribution in [0, 0.1) is 5.82 Å². The molecule has 24 heavy (non-hydrogen) atoms. The van der Waals surface area contributed by atoms with Gasteiger partial charge in [-0.2, -0.15) is 0 Å². The molecular weight excluding hydrogens is 354 g/mol. The van der Waals surface area contributed by atoms with E-state index in [1.165, 1.54) is 12.1 Å². The maximum atomic E-state index is 14.1. The van der Waals surface area contributed by atoms with E-state index in [0.29, 0.717) is 23.8 Å². The van der Waals surface area contributed by atoms with E-state index >= 15 is 0 Å². The first-order chi connectivity index (χ1) is 11.5. The summed E-state index contributed by atoms with van der Waals surface area (Å²) in [6.07, 6.45) is -0.756. The van der Waals surface area contributed by atoms with Crippen LogP contribution in [0.15, 0.2) is 36.4 Å². The molecule has 3 nitrogen and oxygen atoms in total. The number of rotatable bonds is 7. The fraction of sp³-hybridized carbons (Fsp3) is 0.278. The van der Waals surface area contributed by atoms with Crippen molar-refractivity contribution in [2.75, 3.05) is 13.2 Å². The average molecular weight is 371 g/mol. The van der Waals surface area contributed by atoms with E-state index in [4.69, 9.17) is 32.7 Å². The molecule has 0 aliphatic carbocycles. The molecule has 128 valence electrons. The monoisotopic (exact) mass is 370 g/mol. The van der Waals surface area contributed by atoms with Crippen LogP contribution in [0.1, 0.15) is 41.6 Å². The fourth-order valence-electron chi connectivity index (χ4n) is 2.28. The molecule has 0 aliphatic rings. The Morgan fingerprint density at radius 3 is 2.08 bits per heavy atom. The van der Waals surface area contributed by atoms with Crippen LogP contribution < -0.4 is 0 Å². The van der Waals surface area contributed by atoms with E-state index in [0.717, 1.165) is 6.07 Å². The molecule has 0 atom stereocenters. The normalized spacial score (nSPS) is 11.1. The van der Waals surface area contributed by atoms with Gasteiger partial charge in [0.2, 0.25) is 0 Å². The lowest BCUT2D eigenvalue weighted by molar-refractivity contribution is -0.140. The minimum atomic E-state index is -0.756. The van der Waals surface area contributed by atoms with Crippen molar-refractivity contribution in [3.05, 3.63) is 69.0 Å². The van der Waals surface area contributed by atoms with Crippen LogP contribution in [0.4, 0.5) is 4.39 Å². The zero-order valence-corrected chi connectivity index (χ0v) is 14.8. The molecule has 0 radical (unpaired) electrons. The van der Waals surface area contributed by atoms with Gasteiger partial charge in [-0.15, -0.1) is 0 Å². The van der Waals surface area contributed by atoms with Crippen LogP contribution in [0.3, 0.4) is 0 Å². The second-order valence-electron chi connectivity index (χ2n) is 4.93. The summed E-state index contributed by atoms with van der Waals surface area (Å²) >= 11 is 11.8. The number of ether oxygens (including phenoxy) is 2. The topological polar surface area (TPSA) is 35.5 Å². The number of ketones is 1. The summed E-state index contributed by atoms with van der Waals surface area (Å²) in [5.41, 5.74) is 0.660. The van der Waals surface area contributed by atoms with Gasteiger partial charge in [-0.3, -0.25) is 4.79 Å². The molecule has 0 bridgehead atoms. The zero-order valence-electron chi connectivity index (χ0n) is 13.3. The Morgan fingerprint density at radius 1 is 1.00 bits per heavy atom. The number of hydrogen-bond acceptors (Lipinski definition) is 3. The second kappa shape index (κ2) is 8.58. The van der Waals surface area contributed by atoms with E-state index in [-0.39, 0.29) is 16.1 Å². The Labute approximate surface area is 150 Å². The highest BCUT2D eigenvalue weighted by Gasteiger charge is 2.23. The van der Waals surface area contributed by atoms with Crippen molar-refractivity contribution < 1.29 is 18.7 Å². The van der Waals surface area contributed by atoms with E-state index < -0.39 is 17.9 Å². The highest BCUT2D eigenvalue weighted by Crippen LogP contribution is 2.29. The van der Waals surface area contributed by atoms with Crippen LogP contribution >= 0.6 is 23.2 Å². The van der Waals surface area contributed by atoms with Gasteiger partial charge in [-0.25, -0.2) is 4.39 Å². The van der Waals surface area contributed by atoms with Gasteiger partial charge in [-0.05, 0) is 50.2 Å². The minimum absolute atomic E-state index is 0.0743. The van der Waals surface area contributed by atoms with Crippen LogP contribution in [-0.4, -0.2) is 19.0 Å². The van der Waals surface area contributed by atoms with E-state index in [2.05, 4.69) is 0 Å². The molecule has 2 rings (SSSR count). The van der Waals surface area contributed by atoms with E-state index in [1.54, 1.807) is 18.2 Å². The SMILES string of the molecule is CCOC(OCC)c1cc(Cl)ccc1C(=O)c1ccc(Cl)cc1F. The molecule has 0 aliphatic heterocycles. The van der Waals surface area contributed by atoms with Crippen molar-refractivity contribution in [1.82, 2.24) is 0 Å². The maximum Gasteiger partial charge on any atom is 0.196 e. The van der Waals surface area contributed by atoms with Crippen molar-refractivity contribution in [2.45, 2.75) is 20.1 Å². The lowest BCUT2D eigenvalue weighted by Gasteiger charge is -2.20. The number of halogens is 3. The molecule has 0 unspecified atom stereocenters. The average Bonchev–Trinajstić information content (AvgIpc) is 2.54. The minimum Gasteiger partial charge on any atom is -0.349 e. The summed E-state index contributed by atoms with van der Waals surface area (Å²) in [7, 11) is 0. The lowest BCUT2D eigenvalue weighted by Crippen LogP contribution is -2.15. The van der Waals surface area contributed by atoms with Crippen molar-refractivity contribution in [1.29, 1.82) is 0 Å². The molecule has 0 amide bonds. The third-order valence-electron chi connectivity index (χ3n) is 3.32. The molecule has 0 saturated carbocycles. The number of benzene rings is 2. The highest BCUT2D eigenvalue weighted by atomic mass is 35.5. The quantitative estimate of drug-likeness (QED) is 0.481. The van der Waals surface area contributed by atoms with Gasteiger partial charge in [0, 0.05) is 34.4 Å². The molecule has 0 heterocycles. The first-order valence-electron chi connectivity index (χ1n) is 7.50. The van der Waals surface area contributed by atoms with E-state index in [9.17, 15) is 9.18 Å². The summed E-state index contributed by atoms with van der Waals surface area (Å²) in [5, 5.41) is 0.657. The molecule has 0 spiro atoms. The van der Waals surface area contributed by atoms with Gasteiger partial charge in [-0.1, -0.05) is 23.2 Å². The van der Waals surface area contributed by atoms with Crippen molar-refractivity contribution >= 4 is 29.0 Å².